The summed E-state index contributed by atoms with van der Waals surface area (Å²) in [7, 11) is -4.22. The van der Waals surface area contributed by atoms with Gasteiger partial charge in [0.05, 0.1) is 22.8 Å². The molecule has 0 radical (unpaired) electrons. The molecule has 0 aliphatic heterocycles. The first-order valence-corrected chi connectivity index (χ1v) is 8.35. The molecule has 2 aromatic carbocycles. The molecule has 0 spiro atoms. The van der Waals surface area contributed by atoms with Crippen molar-refractivity contribution in [1.29, 1.82) is 0 Å². The van der Waals surface area contributed by atoms with E-state index >= 15 is 0 Å². The highest BCUT2D eigenvalue weighted by Gasteiger charge is 2.30. The highest BCUT2D eigenvalue weighted by atomic mass is 32.2. The highest BCUT2D eigenvalue weighted by Crippen LogP contribution is 2.31. The maximum absolute atomic E-state index is 13.3. The first-order chi connectivity index (χ1) is 11.6. The number of anilines is 1. The van der Waals surface area contributed by atoms with E-state index in [2.05, 4.69) is 4.72 Å². The van der Waals surface area contributed by atoms with Crippen molar-refractivity contribution in [3.63, 3.8) is 0 Å². The van der Waals surface area contributed by atoms with Gasteiger partial charge in [-0.25, -0.2) is 12.8 Å². The van der Waals surface area contributed by atoms with Gasteiger partial charge in [0.1, 0.15) is 18.2 Å². The molecule has 0 aliphatic rings. The summed E-state index contributed by atoms with van der Waals surface area (Å²) in [4.78, 5) is -0.405. The quantitative estimate of drug-likeness (QED) is 0.757. The molecule has 25 heavy (non-hydrogen) atoms. The fourth-order valence-electron chi connectivity index (χ4n) is 1.88. The molecule has 0 bridgehead atoms. The first-order valence-electron chi connectivity index (χ1n) is 6.87. The van der Waals surface area contributed by atoms with E-state index < -0.39 is 32.5 Å². The summed E-state index contributed by atoms with van der Waals surface area (Å²) in [6.07, 6.45) is -4.59. The Labute approximate surface area is 140 Å². The van der Waals surface area contributed by atoms with Crippen LogP contribution in [0.15, 0.2) is 47.4 Å². The zero-order valence-corrected chi connectivity index (χ0v) is 13.4. The van der Waals surface area contributed by atoms with Gasteiger partial charge in [0.15, 0.2) is 0 Å². The predicted octanol–water partition coefficient (Wildman–Crippen LogP) is 3.02. The third-order valence-electron chi connectivity index (χ3n) is 3.03. The lowest BCUT2D eigenvalue weighted by molar-refractivity contribution is -0.137. The Morgan fingerprint density at radius 1 is 1.08 bits per heavy atom. The number of aliphatic hydroxyl groups excluding tert-OH is 1. The number of ether oxygens (including phenoxy) is 1. The molecule has 0 atom stereocenters. The van der Waals surface area contributed by atoms with Gasteiger partial charge < -0.3 is 9.84 Å². The Bertz CT molecular complexity index is 836. The number of benzene rings is 2. The third kappa shape index (κ3) is 4.83. The van der Waals surface area contributed by atoms with Crippen molar-refractivity contribution in [2.24, 2.45) is 0 Å². The summed E-state index contributed by atoms with van der Waals surface area (Å²) in [5.74, 6) is -0.852. The van der Waals surface area contributed by atoms with Gasteiger partial charge in [0, 0.05) is 6.07 Å². The van der Waals surface area contributed by atoms with Crippen LogP contribution in [-0.2, 0) is 16.2 Å². The van der Waals surface area contributed by atoms with E-state index in [1.807, 2.05) is 0 Å². The molecule has 0 aromatic heterocycles. The Morgan fingerprint density at radius 2 is 1.72 bits per heavy atom. The number of nitrogens with one attached hydrogen (secondary N) is 1. The third-order valence-corrected chi connectivity index (χ3v) is 4.41. The van der Waals surface area contributed by atoms with E-state index in [0.29, 0.717) is 12.1 Å². The fraction of sp³-hybridized carbons (Fsp3) is 0.200. The van der Waals surface area contributed by atoms with Gasteiger partial charge in [-0.2, -0.15) is 13.2 Å². The first kappa shape index (κ1) is 19.0. The number of hydrogen-bond donors (Lipinski definition) is 2. The van der Waals surface area contributed by atoms with E-state index in [9.17, 15) is 26.0 Å². The maximum atomic E-state index is 13.3. The second kappa shape index (κ2) is 7.28. The van der Waals surface area contributed by atoms with Crippen LogP contribution in [0, 0.1) is 5.82 Å². The number of sulfonamides is 1. The van der Waals surface area contributed by atoms with E-state index in [1.165, 1.54) is 0 Å². The van der Waals surface area contributed by atoms with Crippen molar-refractivity contribution in [3.05, 3.63) is 53.8 Å². The maximum Gasteiger partial charge on any atom is 0.416 e. The molecule has 2 aromatic rings. The molecule has 136 valence electrons. The summed E-state index contributed by atoms with van der Waals surface area (Å²) in [5, 5.41) is 8.74. The van der Waals surface area contributed by atoms with Gasteiger partial charge >= 0.3 is 6.18 Å². The van der Waals surface area contributed by atoms with Crippen molar-refractivity contribution in [3.8, 4) is 5.75 Å². The highest BCUT2D eigenvalue weighted by molar-refractivity contribution is 7.92. The number of halogens is 4. The van der Waals surface area contributed by atoms with E-state index in [0.717, 1.165) is 30.3 Å². The Hall–Kier alpha value is -2.33. The number of alkyl halides is 3. The average molecular weight is 379 g/mol. The summed E-state index contributed by atoms with van der Waals surface area (Å²) in [6.45, 7) is -0.569. The summed E-state index contributed by atoms with van der Waals surface area (Å²) >= 11 is 0. The van der Waals surface area contributed by atoms with E-state index in [4.69, 9.17) is 9.84 Å². The summed E-state index contributed by atoms with van der Waals surface area (Å²) in [5.41, 5.74) is -1.10. The molecule has 0 fully saturated rings. The lowest BCUT2D eigenvalue weighted by Crippen LogP contribution is -2.15. The molecular formula is C15H13F4NO4S. The molecule has 0 aliphatic carbocycles. The van der Waals surface area contributed by atoms with Gasteiger partial charge in [-0.3, -0.25) is 4.72 Å². The standard InChI is InChI=1S/C15H13F4NO4S/c16-11-3-6-13(14(9-11)24-8-7-21)20-25(22,23)12-4-1-10(2-5-12)15(17,18)19/h1-6,9,20-21H,7-8H2. The van der Waals surface area contributed by atoms with Crippen molar-refractivity contribution in [2.75, 3.05) is 17.9 Å². The average Bonchev–Trinajstić information content (AvgIpc) is 2.54. The van der Waals surface area contributed by atoms with E-state index in [1.54, 1.807) is 0 Å². The van der Waals surface area contributed by atoms with Crippen LogP contribution in [0.2, 0.25) is 0 Å². The van der Waals surface area contributed by atoms with Crippen molar-refractivity contribution in [2.45, 2.75) is 11.1 Å². The van der Waals surface area contributed by atoms with Crippen LogP contribution < -0.4 is 9.46 Å². The molecule has 0 heterocycles. The van der Waals surface area contributed by atoms with Crippen molar-refractivity contribution in [1.82, 2.24) is 0 Å². The van der Waals surface area contributed by atoms with Crippen LogP contribution in [0.4, 0.5) is 23.2 Å². The summed E-state index contributed by atoms with van der Waals surface area (Å²) in [6, 6.07) is 5.90. The van der Waals surface area contributed by atoms with Crippen LogP contribution in [0.1, 0.15) is 5.56 Å². The zero-order chi connectivity index (χ0) is 18.7. The Kier molecular flexibility index (Phi) is 5.53. The Morgan fingerprint density at radius 3 is 2.28 bits per heavy atom. The molecule has 5 nitrogen and oxygen atoms in total. The molecule has 0 unspecified atom stereocenters. The molecule has 0 saturated carbocycles. The second-order valence-corrected chi connectivity index (χ2v) is 6.52. The van der Waals surface area contributed by atoms with Gasteiger partial charge in [-0.15, -0.1) is 0 Å². The monoisotopic (exact) mass is 379 g/mol. The van der Waals surface area contributed by atoms with Gasteiger partial charge in [-0.1, -0.05) is 0 Å². The van der Waals surface area contributed by atoms with Crippen LogP contribution in [-0.4, -0.2) is 26.7 Å². The van der Waals surface area contributed by atoms with Gasteiger partial charge in [0.2, 0.25) is 0 Å². The molecular weight excluding hydrogens is 366 g/mol. The molecule has 10 heteroatoms. The fourth-order valence-corrected chi connectivity index (χ4v) is 2.95. The van der Waals surface area contributed by atoms with E-state index in [-0.39, 0.29) is 24.7 Å². The van der Waals surface area contributed by atoms with Crippen molar-refractivity contribution >= 4 is 15.7 Å². The van der Waals surface area contributed by atoms with Crippen molar-refractivity contribution < 1.29 is 35.8 Å². The topological polar surface area (TPSA) is 75.6 Å². The lowest BCUT2D eigenvalue weighted by atomic mass is 10.2. The molecule has 0 amide bonds. The normalized spacial score (nSPS) is 12.0. The van der Waals surface area contributed by atoms with Crippen LogP contribution in [0.3, 0.4) is 0 Å². The largest absolute Gasteiger partial charge is 0.489 e. The lowest BCUT2D eigenvalue weighted by Gasteiger charge is -2.14. The van der Waals surface area contributed by atoms with Crippen LogP contribution in [0.5, 0.6) is 5.75 Å². The number of aliphatic hydroxyl groups is 1. The van der Waals surface area contributed by atoms with Crippen LogP contribution in [0.25, 0.3) is 0 Å². The second-order valence-electron chi connectivity index (χ2n) is 4.84. The van der Waals surface area contributed by atoms with Gasteiger partial charge in [0.25, 0.3) is 10.0 Å². The number of rotatable bonds is 6. The minimum Gasteiger partial charge on any atom is -0.489 e. The predicted molar refractivity (Wildman–Crippen MR) is 81.2 cm³/mol. The zero-order valence-electron chi connectivity index (χ0n) is 12.5. The van der Waals surface area contributed by atoms with Crippen LogP contribution >= 0.6 is 0 Å². The van der Waals surface area contributed by atoms with Gasteiger partial charge in [-0.05, 0) is 36.4 Å². The Balaban J connectivity index is 2.30. The molecule has 0 saturated heterocycles. The minimum atomic E-state index is -4.59. The molecule has 2 N–H and O–H groups in total. The molecule has 2 rings (SSSR count). The smallest absolute Gasteiger partial charge is 0.416 e. The SMILES string of the molecule is O=S(=O)(Nc1ccc(F)cc1OCCO)c1ccc(C(F)(F)F)cc1. The summed E-state index contributed by atoms with van der Waals surface area (Å²) < 4.78 is 82.6. The minimum absolute atomic E-state index is 0.116. The number of hydrogen-bond acceptors (Lipinski definition) is 4.